The molecule has 21 heavy (non-hydrogen) atoms. The predicted octanol–water partition coefficient (Wildman–Crippen LogP) is 1.85. The fourth-order valence-corrected chi connectivity index (χ4v) is 2.80. The van der Waals surface area contributed by atoms with Crippen molar-refractivity contribution in [3.05, 3.63) is 59.7 Å². The molecule has 0 saturated carbocycles. The van der Waals surface area contributed by atoms with Gasteiger partial charge in [-0.05, 0) is 35.7 Å². The summed E-state index contributed by atoms with van der Waals surface area (Å²) in [5.74, 6) is 0.180. The summed E-state index contributed by atoms with van der Waals surface area (Å²) in [5.41, 5.74) is 8.92. The van der Waals surface area contributed by atoms with Crippen molar-refractivity contribution in [1.82, 2.24) is 0 Å². The molecule has 0 fully saturated rings. The van der Waals surface area contributed by atoms with Crippen LogP contribution in [0, 0.1) is 0 Å². The highest BCUT2D eigenvalue weighted by atomic mass is 16.3. The van der Waals surface area contributed by atoms with E-state index in [4.69, 9.17) is 5.73 Å². The third kappa shape index (κ3) is 2.90. The minimum atomic E-state index is -0.0342. The quantitative estimate of drug-likeness (QED) is 0.883. The molecular weight excluding hydrogens is 264 g/mol. The van der Waals surface area contributed by atoms with E-state index in [1.807, 2.05) is 30.3 Å². The lowest BCUT2D eigenvalue weighted by Gasteiger charge is -2.33. The summed E-state index contributed by atoms with van der Waals surface area (Å²) in [6.07, 6.45) is 1.06. The third-order valence-corrected chi connectivity index (χ3v) is 3.75. The summed E-state index contributed by atoms with van der Waals surface area (Å²) in [6.45, 7) is 0.536. The Bertz CT molecular complexity index is 669. The summed E-state index contributed by atoms with van der Waals surface area (Å²) in [4.78, 5) is 14.3. The Labute approximate surface area is 123 Å². The Kier molecular flexibility index (Phi) is 3.62. The zero-order valence-electron chi connectivity index (χ0n) is 11.7. The van der Waals surface area contributed by atoms with Crippen LogP contribution in [0.25, 0.3) is 0 Å². The molecule has 1 aliphatic rings. The molecule has 1 aliphatic heterocycles. The van der Waals surface area contributed by atoms with Gasteiger partial charge in [-0.25, -0.2) is 0 Å². The predicted molar refractivity (Wildman–Crippen MR) is 82.3 cm³/mol. The first-order valence-electron chi connectivity index (χ1n) is 7.05. The number of hydrogen-bond acceptors (Lipinski definition) is 3. The average Bonchev–Trinajstić information content (AvgIpc) is 2.46. The number of phenols is 1. The van der Waals surface area contributed by atoms with Gasteiger partial charge in [0.15, 0.2) is 0 Å². The van der Waals surface area contributed by atoms with E-state index in [1.165, 1.54) is 0 Å². The topological polar surface area (TPSA) is 66.6 Å². The van der Waals surface area contributed by atoms with Crippen LogP contribution in [0.5, 0.6) is 5.75 Å². The molecular formula is C17H18N2O2. The fourth-order valence-electron chi connectivity index (χ4n) is 2.80. The molecule has 0 saturated heterocycles. The molecule has 1 heterocycles. The molecule has 4 heteroatoms. The van der Waals surface area contributed by atoms with E-state index >= 15 is 0 Å². The summed E-state index contributed by atoms with van der Waals surface area (Å²) >= 11 is 0. The number of hydrogen-bond donors (Lipinski definition) is 2. The van der Waals surface area contributed by atoms with Crippen LogP contribution in [-0.2, 0) is 17.6 Å². The standard InChI is InChI=1S/C17H18N2O2/c18-14-10-13-5-1-2-7-16(13)19(11-14)17(21)9-12-4-3-6-15(20)8-12/h1-8,14,20H,9-11,18H2. The number of carbonyl (C=O) groups is 1. The van der Waals surface area contributed by atoms with Crippen molar-refractivity contribution in [2.45, 2.75) is 18.9 Å². The number of benzene rings is 2. The van der Waals surface area contributed by atoms with E-state index < -0.39 is 0 Å². The van der Waals surface area contributed by atoms with E-state index in [1.54, 1.807) is 23.1 Å². The molecule has 3 rings (SSSR count). The Balaban J connectivity index is 1.85. The van der Waals surface area contributed by atoms with Crippen LogP contribution in [-0.4, -0.2) is 23.6 Å². The van der Waals surface area contributed by atoms with Crippen LogP contribution < -0.4 is 10.6 Å². The lowest BCUT2D eigenvalue weighted by atomic mass is 9.97. The van der Waals surface area contributed by atoms with Crippen molar-refractivity contribution >= 4 is 11.6 Å². The van der Waals surface area contributed by atoms with Gasteiger partial charge in [-0.3, -0.25) is 4.79 Å². The number of amides is 1. The average molecular weight is 282 g/mol. The van der Waals surface area contributed by atoms with E-state index in [0.717, 1.165) is 23.2 Å². The van der Waals surface area contributed by atoms with Gasteiger partial charge in [-0.2, -0.15) is 0 Å². The molecule has 0 spiro atoms. The largest absolute Gasteiger partial charge is 0.508 e. The Hall–Kier alpha value is -2.33. The molecule has 0 aromatic heterocycles. The van der Waals surface area contributed by atoms with Crippen molar-refractivity contribution in [3.63, 3.8) is 0 Å². The molecule has 2 aromatic carbocycles. The summed E-state index contributed by atoms with van der Waals surface area (Å²) in [5, 5.41) is 9.49. The second-order valence-corrected chi connectivity index (χ2v) is 5.44. The number of phenolic OH excluding ortho intramolecular Hbond substituents is 1. The molecule has 4 nitrogen and oxygen atoms in total. The third-order valence-electron chi connectivity index (χ3n) is 3.75. The minimum Gasteiger partial charge on any atom is -0.508 e. The second-order valence-electron chi connectivity index (χ2n) is 5.44. The summed E-state index contributed by atoms with van der Waals surface area (Å²) < 4.78 is 0. The molecule has 1 amide bonds. The van der Waals surface area contributed by atoms with Gasteiger partial charge < -0.3 is 15.7 Å². The maximum absolute atomic E-state index is 12.6. The highest BCUT2D eigenvalue weighted by molar-refractivity contribution is 5.96. The van der Waals surface area contributed by atoms with Gasteiger partial charge in [-0.1, -0.05) is 30.3 Å². The van der Waals surface area contributed by atoms with Gasteiger partial charge in [0.1, 0.15) is 5.75 Å². The zero-order valence-corrected chi connectivity index (χ0v) is 11.7. The number of aromatic hydroxyl groups is 1. The van der Waals surface area contributed by atoms with Crippen molar-refractivity contribution < 1.29 is 9.90 Å². The fraction of sp³-hybridized carbons (Fsp3) is 0.235. The van der Waals surface area contributed by atoms with Crippen LogP contribution in [0.3, 0.4) is 0 Å². The van der Waals surface area contributed by atoms with Gasteiger partial charge >= 0.3 is 0 Å². The molecule has 0 bridgehead atoms. The van der Waals surface area contributed by atoms with E-state index in [0.29, 0.717) is 6.54 Å². The number of para-hydroxylation sites is 1. The molecule has 1 atom stereocenters. The highest BCUT2D eigenvalue weighted by Crippen LogP contribution is 2.27. The van der Waals surface area contributed by atoms with Crippen LogP contribution in [0.4, 0.5) is 5.69 Å². The minimum absolute atomic E-state index is 0.00296. The lowest BCUT2D eigenvalue weighted by Crippen LogP contribution is -2.46. The van der Waals surface area contributed by atoms with Crippen molar-refractivity contribution in [3.8, 4) is 5.75 Å². The SMILES string of the molecule is NC1Cc2ccccc2N(C(=O)Cc2cccc(O)c2)C1. The van der Waals surface area contributed by atoms with Crippen LogP contribution >= 0.6 is 0 Å². The number of fused-ring (bicyclic) bond motifs is 1. The number of anilines is 1. The number of carbonyl (C=O) groups excluding carboxylic acids is 1. The van der Waals surface area contributed by atoms with Gasteiger partial charge in [0.25, 0.3) is 0 Å². The zero-order chi connectivity index (χ0) is 14.8. The van der Waals surface area contributed by atoms with Crippen LogP contribution in [0.15, 0.2) is 48.5 Å². The Morgan fingerprint density at radius 2 is 2.05 bits per heavy atom. The van der Waals surface area contributed by atoms with Crippen molar-refractivity contribution in [2.24, 2.45) is 5.73 Å². The second kappa shape index (κ2) is 5.58. The first-order chi connectivity index (χ1) is 10.1. The van der Waals surface area contributed by atoms with Crippen molar-refractivity contribution in [2.75, 3.05) is 11.4 Å². The van der Waals surface area contributed by atoms with Gasteiger partial charge in [0.2, 0.25) is 5.91 Å². The number of rotatable bonds is 2. The number of nitrogens with two attached hydrogens (primary N) is 1. The maximum Gasteiger partial charge on any atom is 0.231 e. The normalized spacial score (nSPS) is 17.4. The molecule has 108 valence electrons. The van der Waals surface area contributed by atoms with Gasteiger partial charge in [0.05, 0.1) is 6.42 Å². The maximum atomic E-state index is 12.6. The Morgan fingerprint density at radius 1 is 1.24 bits per heavy atom. The molecule has 0 radical (unpaired) electrons. The molecule has 1 unspecified atom stereocenters. The van der Waals surface area contributed by atoms with Gasteiger partial charge in [-0.15, -0.1) is 0 Å². The molecule has 2 aromatic rings. The highest BCUT2D eigenvalue weighted by Gasteiger charge is 2.26. The first kappa shape index (κ1) is 13.6. The molecule has 3 N–H and O–H groups in total. The van der Waals surface area contributed by atoms with Crippen molar-refractivity contribution in [1.29, 1.82) is 0 Å². The number of nitrogens with zero attached hydrogens (tertiary/aromatic N) is 1. The molecule has 0 aliphatic carbocycles. The van der Waals surface area contributed by atoms with E-state index in [9.17, 15) is 9.90 Å². The Morgan fingerprint density at radius 3 is 2.86 bits per heavy atom. The van der Waals surface area contributed by atoms with Crippen LogP contribution in [0.1, 0.15) is 11.1 Å². The monoisotopic (exact) mass is 282 g/mol. The summed E-state index contributed by atoms with van der Waals surface area (Å²) in [7, 11) is 0. The smallest absolute Gasteiger partial charge is 0.231 e. The van der Waals surface area contributed by atoms with Crippen LogP contribution in [0.2, 0.25) is 0 Å². The van der Waals surface area contributed by atoms with Gasteiger partial charge in [0, 0.05) is 18.3 Å². The van der Waals surface area contributed by atoms with E-state index in [-0.39, 0.29) is 24.1 Å². The summed E-state index contributed by atoms with van der Waals surface area (Å²) in [6, 6.07) is 14.6. The lowest BCUT2D eigenvalue weighted by molar-refractivity contribution is -0.118. The first-order valence-corrected chi connectivity index (χ1v) is 7.05. The van der Waals surface area contributed by atoms with E-state index in [2.05, 4.69) is 0 Å².